The van der Waals surface area contributed by atoms with Gasteiger partial charge in [0, 0.05) is 22.7 Å². The van der Waals surface area contributed by atoms with Gasteiger partial charge in [0.15, 0.2) is 0 Å². The predicted molar refractivity (Wildman–Crippen MR) is 180 cm³/mol. The molecule has 8 aromatic rings. The van der Waals surface area contributed by atoms with Gasteiger partial charge in [0.25, 0.3) is 0 Å². The molecule has 0 spiro atoms. The summed E-state index contributed by atoms with van der Waals surface area (Å²) in [5.41, 5.74) is 9.28. The molecule has 0 heterocycles. The van der Waals surface area contributed by atoms with Gasteiger partial charge in [-0.2, -0.15) is 0 Å². The molecule has 2 heteroatoms. The van der Waals surface area contributed by atoms with Crippen LogP contribution in [0.25, 0.3) is 54.6 Å². The molecule has 0 unspecified atom stereocenters. The Bertz CT molecular complexity index is 1990. The van der Waals surface area contributed by atoms with E-state index in [0.29, 0.717) is 0 Å². The highest BCUT2D eigenvalue weighted by atomic mass is 14.9. The zero-order valence-corrected chi connectivity index (χ0v) is 23.0. The molecule has 8 rings (SSSR count). The maximum atomic E-state index is 3.49. The van der Waals surface area contributed by atoms with Gasteiger partial charge >= 0.3 is 0 Å². The second-order valence-electron chi connectivity index (χ2n) is 10.8. The number of para-hydroxylation sites is 2. The van der Waals surface area contributed by atoms with Crippen LogP contribution in [0.1, 0.15) is 0 Å². The van der Waals surface area contributed by atoms with E-state index < -0.39 is 0 Å². The summed E-state index contributed by atoms with van der Waals surface area (Å²) in [4.78, 5) is 0. The van der Waals surface area contributed by atoms with Crippen molar-refractivity contribution in [1.29, 1.82) is 0 Å². The molecule has 198 valence electrons. The van der Waals surface area contributed by atoms with Crippen LogP contribution in [0.5, 0.6) is 0 Å². The standard InChI is InChI=1S/C40H28N2/c1-3-7-31(8-4-1)41-33-19-11-27(12-20-33)35-23-15-29-18-26-38-36(24-16-30-17-25-37(35)39(29)40(30)38)28-13-21-34(22-14-28)42-32-9-5-2-6-10-32/h1-26,41-42H. The summed E-state index contributed by atoms with van der Waals surface area (Å²) >= 11 is 0. The highest BCUT2D eigenvalue weighted by Gasteiger charge is 2.15. The zero-order chi connectivity index (χ0) is 27.9. The fourth-order valence-electron chi connectivity index (χ4n) is 6.15. The van der Waals surface area contributed by atoms with Crippen molar-refractivity contribution in [2.24, 2.45) is 0 Å². The first-order valence-electron chi connectivity index (χ1n) is 14.4. The minimum absolute atomic E-state index is 1.08. The highest BCUT2D eigenvalue weighted by molar-refractivity contribution is 6.27. The minimum atomic E-state index is 1.08. The fraction of sp³-hybridized carbons (Fsp3) is 0. The van der Waals surface area contributed by atoms with Crippen LogP contribution in [-0.4, -0.2) is 0 Å². The largest absolute Gasteiger partial charge is 0.356 e. The van der Waals surface area contributed by atoms with Gasteiger partial charge in [-0.3, -0.25) is 0 Å². The number of hydrogen-bond acceptors (Lipinski definition) is 2. The summed E-state index contributed by atoms with van der Waals surface area (Å²) in [5, 5.41) is 14.8. The molecule has 0 radical (unpaired) electrons. The third kappa shape index (κ3) is 4.31. The lowest BCUT2D eigenvalue weighted by molar-refractivity contribution is 1.55. The van der Waals surface area contributed by atoms with Crippen LogP contribution in [0.15, 0.2) is 158 Å². The van der Waals surface area contributed by atoms with Gasteiger partial charge < -0.3 is 10.6 Å². The Morgan fingerprint density at radius 2 is 0.643 bits per heavy atom. The first-order chi connectivity index (χ1) is 20.8. The third-order valence-electron chi connectivity index (χ3n) is 8.18. The zero-order valence-electron chi connectivity index (χ0n) is 23.0. The van der Waals surface area contributed by atoms with E-state index >= 15 is 0 Å². The molecule has 2 nitrogen and oxygen atoms in total. The van der Waals surface area contributed by atoms with Crippen LogP contribution in [0, 0.1) is 0 Å². The molecule has 0 aromatic heterocycles. The predicted octanol–water partition coefficient (Wildman–Crippen LogP) is 11.4. The van der Waals surface area contributed by atoms with Crippen molar-refractivity contribution in [2.75, 3.05) is 10.6 Å². The minimum Gasteiger partial charge on any atom is -0.356 e. The van der Waals surface area contributed by atoms with Crippen LogP contribution in [0.2, 0.25) is 0 Å². The van der Waals surface area contributed by atoms with Gasteiger partial charge in [-0.15, -0.1) is 0 Å². The van der Waals surface area contributed by atoms with E-state index in [0.717, 1.165) is 22.7 Å². The van der Waals surface area contributed by atoms with E-state index in [2.05, 4.69) is 132 Å². The Labute approximate surface area is 245 Å². The molecule has 42 heavy (non-hydrogen) atoms. The number of benzene rings is 8. The molecule has 0 aliphatic heterocycles. The van der Waals surface area contributed by atoms with Crippen LogP contribution in [0.4, 0.5) is 22.7 Å². The lowest BCUT2D eigenvalue weighted by atomic mass is 9.87. The average molecular weight is 537 g/mol. The van der Waals surface area contributed by atoms with Crippen molar-refractivity contribution in [3.8, 4) is 22.3 Å². The third-order valence-corrected chi connectivity index (χ3v) is 8.18. The number of anilines is 4. The van der Waals surface area contributed by atoms with Gasteiger partial charge in [-0.1, -0.05) is 109 Å². The van der Waals surface area contributed by atoms with Crippen LogP contribution < -0.4 is 10.6 Å². The van der Waals surface area contributed by atoms with Crippen molar-refractivity contribution >= 4 is 55.1 Å². The molecule has 0 saturated carbocycles. The number of nitrogens with one attached hydrogen (secondary N) is 2. The number of hydrogen-bond donors (Lipinski definition) is 2. The lowest BCUT2D eigenvalue weighted by Gasteiger charge is -2.17. The van der Waals surface area contributed by atoms with E-state index in [9.17, 15) is 0 Å². The van der Waals surface area contributed by atoms with E-state index in [1.165, 1.54) is 54.6 Å². The van der Waals surface area contributed by atoms with Crippen LogP contribution in [-0.2, 0) is 0 Å². The average Bonchev–Trinajstić information content (AvgIpc) is 3.05. The Hall–Kier alpha value is -5.60. The maximum Gasteiger partial charge on any atom is 0.0384 e. The van der Waals surface area contributed by atoms with Crippen molar-refractivity contribution in [1.82, 2.24) is 0 Å². The SMILES string of the molecule is c1ccc(Nc2ccc(-c3ccc4ccc5c(-c6ccc(Nc7ccccc7)cc6)ccc6ccc3c4c65)cc2)cc1. The summed E-state index contributed by atoms with van der Waals surface area (Å²) in [5.74, 6) is 0. The summed E-state index contributed by atoms with van der Waals surface area (Å²) in [6, 6.07) is 56.3. The molecule has 0 fully saturated rings. The topological polar surface area (TPSA) is 24.1 Å². The molecular weight excluding hydrogens is 508 g/mol. The summed E-state index contributed by atoms with van der Waals surface area (Å²) in [7, 11) is 0. The van der Waals surface area contributed by atoms with Crippen molar-refractivity contribution in [3.63, 3.8) is 0 Å². The summed E-state index contributed by atoms with van der Waals surface area (Å²) in [6.45, 7) is 0. The smallest absolute Gasteiger partial charge is 0.0384 e. The quantitative estimate of drug-likeness (QED) is 0.207. The van der Waals surface area contributed by atoms with Gasteiger partial charge in [0.2, 0.25) is 0 Å². The van der Waals surface area contributed by atoms with E-state index in [1.807, 2.05) is 36.4 Å². The second-order valence-corrected chi connectivity index (χ2v) is 10.8. The van der Waals surface area contributed by atoms with Crippen molar-refractivity contribution in [3.05, 3.63) is 158 Å². The summed E-state index contributed by atoms with van der Waals surface area (Å²) < 4.78 is 0. The first-order valence-corrected chi connectivity index (χ1v) is 14.4. The Morgan fingerprint density at radius 1 is 0.286 bits per heavy atom. The number of rotatable bonds is 6. The monoisotopic (exact) mass is 536 g/mol. The second kappa shape index (κ2) is 10.1. The van der Waals surface area contributed by atoms with Gasteiger partial charge in [-0.05, 0) is 103 Å². The lowest BCUT2D eigenvalue weighted by Crippen LogP contribution is -1.91. The van der Waals surface area contributed by atoms with Gasteiger partial charge in [-0.25, -0.2) is 0 Å². The molecule has 0 atom stereocenters. The molecule has 0 bridgehead atoms. The molecule has 8 aromatic carbocycles. The summed E-state index contributed by atoms with van der Waals surface area (Å²) in [6.07, 6.45) is 0. The maximum absolute atomic E-state index is 3.49. The molecule has 2 N–H and O–H groups in total. The van der Waals surface area contributed by atoms with Crippen LogP contribution >= 0.6 is 0 Å². The van der Waals surface area contributed by atoms with E-state index in [-0.39, 0.29) is 0 Å². The molecule has 0 aliphatic rings. The Morgan fingerprint density at radius 3 is 1.05 bits per heavy atom. The van der Waals surface area contributed by atoms with Gasteiger partial charge in [0.05, 0.1) is 0 Å². The normalized spacial score (nSPS) is 11.3. The van der Waals surface area contributed by atoms with E-state index in [4.69, 9.17) is 0 Å². The fourth-order valence-corrected chi connectivity index (χ4v) is 6.15. The Kier molecular flexibility index (Phi) is 5.82. The molecule has 0 aliphatic carbocycles. The van der Waals surface area contributed by atoms with Gasteiger partial charge in [0.1, 0.15) is 0 Å². The molecule has 0 saturated heterocycles. The van der Waals surface area contributed by atoms with Crippen molar-refractivity contribution < 1.29 is 0 Å². The molecular formula is C40H28N2. The molecule has 0 amide bonds. The highest BCUT2D eigenvalue weighted by Crippen LogP contribution is 2.42. The van der Waals surface area contributed by atoms with Crippen molar-refractivity contribution in [2.45, 2.75) is 0 Å². The first kappa shape index (κ1) is 24.2. The van der Waals surface area contributed by atoms with Crippen LogP contribution in [0.3, 0.4) is 0 Å². The van der Waals surface area contributed by atoms with E-state index in [1.54, 1.807) is 0 Å². The Balaban J connectivity index is 1.19.